The summed E-state index contributed by atoms with van der Waals surface area (Å²) in [6.07, 6.45) is -2.00. The molecule has 2 aromatic heterocycles. The van der Waals surface area contributed by atoms with E-state index < -0.39 is 18.2 Å². The zero-order valence-corrected chi connectivity index (χ0v) is 15.6. The van der Waals surface area contributed by atoms with Crippen LogP contribution in [0.5, 0.6) is 0 Å². The maximum absolute atomic E-state index is 12.6. The zero-order valence-electron chi connectivity index (χ0n) is 15.6. The van der Waals surface area contributed by atoms with Gasteiger partial charge in [-0.3, -0.25) is 4.98 Å². The number of amides is 1. The molecule has 29 heavy (non-hydrogen) atoms. The van der Waals surface area contributed by atoms with E-state index in [0.717, 1.165) is 22.3 Å². The van der Waals surface area contributed by atoms with Gasteiger partial charge in [0.25, 0.3) is 0 Å². The maximum Gasteiger partial charge on any atom is 0.471 e. The molecular weight excluding hydrogens is 389 g/mol. The Morgan fingerprint density at radius 3 is 2.62 bits per heavy atom. The number of ether oxygens (including phenoxy) is 1. The molecule has 0 unspecified atom stereocenters. The number of carbonyl (C=O) groups excluding carboxylic acids is 1. The number of alkyl halides is 3. The van der Waals surface area contributed by atoms with Crippen LogP contribution >= 0.6 is 0 Å². The Bertz CT molecular complexity index is 1020. The van der Waals surface area contributed by atoms with Crippen molar-refractivity contribution >= 4 is 6.09 Å². The van der Waals surface area contributed by atoms with Crippen LogP contribution in [0, 0.1) is 13.8 Å². The average molecular weight is 406 g/mol. The van der Waals surface area contributed by atoms with E-state index >= 15 is 0 Å². The summed E-state index contributed by atoms with van der Waals surface area (Å²) in [4.78, 5) is 19.2. The van der Waals surface area contributed by atoms with Crippen molar-refractivity contribution in [2.75, 3.05) is 0 Å². The minimum absolute atomic E-state index is 0.1000. The quantitative estimate of drug-likeness (QED) is 0.683. The lowest BCUT2D eigenvalue weighted by Crippen LogP contribution is -2.24. The predicted molar refractivity (Wildman–Crippen MR) is 95.5 cm³/mol. The van der Waals surface area contributed by atoms with E-state index in [2.05, 4.69) is 25.0 Å². The van der Waals surface area contributed by atoms with Gasteiger partial charge in [0.05, 0.1) is 0 Å². The van der Waals surface area contributed by atoms with Crippen molar-refractivity contribution in [2.24, 2.45) is 0 Å². The highest BCUT2D eigenvalue weighted by molar-refractivity contribution is 5.67. The summed E-state index contributed by atoms with van der Waals surface area (Å²) in [5.41, 5.74) is 3.66. The minimum atomic E-state index is -4.70. The second kappa shape index (κ2) is 8.29. The van der Waals surface area contributed by atoms with E-state index in [4.69, 9.17) is 4.74 Å². The van der Waals surface area contributed by atoms with E-state index in [9.17, 15) is 18.0 Å². The molecule has 0 saturated heterocycles. The van der Waals surface area contributed by atoms with Gasteiger partial charge in [-0.15, -0.1) is 0 Å². The van der Waals surface area contributed by atoms with E-state index in [1.54, 1.807) is 37.5 Å². The Kier molecular flexibility index (Phi) is 5.81. The molecule has 0 aliphatic heterocycles. The fraction of sp³-hybridized carbons (Fsp3) is 0.263. The largest absolute Gasteiger partial charge is 0.471 e. The van der Waals surface area contributed by atoms with Crippen molar-refractivity contribution in [3.8, 4) is 11.4 Å². The highest BCUT2D eigenvalue weighted by atomic mass is 19.4. The minimum Gasteiger partial charge on any atom is -0.445 e. The van der Waals surface area contributed by atoms with Crippen LogP contribution in [0.3, 0.4) is 0 Å². The number of hydrogen-bond donors (Lipinski definition) is 1. The molecule has 0 radical (unpaired) electrons. The molecule has 1 amide bonds. The number of nitrogens with zero attached hydrogens (tertiary/aromatic N) is 3. The first-order chi connectivity index (χ1) is 13.7. The van der Waals surface area contributed by atoms with Crippen molar-refractivity contribution in [3.05, 3.63) is 64.8 Å². The van der Waals surface area contributed by atoms with Crippen molar-refractivity contribution in [1.29, 1.82) is 0 Å². The summed E-state index contributed by atoms with van der Waals surface area (Å²) in [6, 6.07) is 6.66. The number of pyridine rings is 1. The molecule has 152 valence electrons. The molecular formula is C19H17F3N4O3. The van der Waals surface area contributed by atoms with Gasteiger partial charge in [-0.25, -0.2) is 4.79 Å². The Balaban J connectivity index is 1.58. The molecule has 1 N–H and O–H groups in total. The molecule has 0 saturated carbocycles. The van der Waals surface area contributed by atoms with Crippen LogP contribution < -0.4 is 5.32 Å². The molecule has 0 aliphatic carbocycles. The van der Waals surface area contributed by atoms with Gasteiger partial charge in [0.1, 0.15) is 6.61 Å². The summed E-state index contributed by atoms with van der Waals surface area (Å²) in [5, 5.41) is 5.99. The molecule has 1 aromatic carbocycles. The standard InChI is InChI=1S/C19H17F3N4O3/c1-11-5-6-23-8-15(11)10-28-18(27)24-9-14-4-3-13(7-12(14)2)16-25-17(29-26-16)19(20,21)22/h3-8H,9-10H2,1-2H3,(H,24,27). The van der Waals surface area contributed by atoms with Crippen LogP contribution in [0.25, 0.3) is 11.4 Å². The van der Waals surface area contributed by atoms with E-state index in [-0.39, 0.29) is 19.0 Å². The Hall–Kier alpha value is -3.43. The van der Waals surface area contributed by atoms with Gasteiger partial charge in [0, 0.05) is 30.1 Å². The maximum atomic E-state index is 12.6. The molecule has 0 atom stereocenters. The van der Waals surface area contributed by atoms with Crippen LogP contribution in [0.2, 0.25) is 0 Å². The van der Waals surface area contributed by atoms with Gasteiger partial charge in [-0.05, 0) is 42.7 Å². The first-order valence-corrected chi connectivity index (χ1v) is 8.55. The topological polar surface area (TPSA) is 90.1 Å². The van der Waals surface area contributed by atoms with Crippen LogP contribution in [-0.2, 0) is 24.1 Å². The summed E-state index contributed by atoms with van der Waals surface area (Å²) < 4.78 is 47.1. The van der Waals surface area contributed by atoms with Crippen LogP contribution in [0.4, 0.5) is 18.0 Å². The average Bonchev–Trinajstić information content (AvgIpc) is 3.17. The van der Waals surface area contributed by atoms with Crippen LogP contribution in [-0.4, -0.2) is 21.2 Å². The van der Waals surface area contributed by atoms with Crippen molar-refractivity contribution < 1.29 is 27.2 Å². The molecule has 0 aliphatic rings. The van der Waals surface area contributed by atoms with Gasteiger partial charge >= 0.3 is 18.2 Å². The summed E-state index contributed by atoms with van der Waals surface area (Å²) in [6.45, 7) is 3.94. The fourth-order valence-corrected chi connectivity index (χ4v) is 2.50. The third-order valence-electron chi connectivity index (χ3n) is 4.20. The van der Waals surface area contributed by atoms with Crippen molar-refractivity contribution in [3.63, 3.8) is 0 Å². The summed E-state index contributed by atoms with van der Waals surface area (Å²) in [5.74, 6) is -1.56. The van der Waals surface area contributed by atoms with E-state index in [1.807, 2.05) is 13.0 Å². The van der Waals surface area contributed by atoms with Crippen LogP contribution in [0.15, 0.2) is 41.2 Å². The molecule has 7 nitrogen and oxygen atoms in total. The highest BCUT2D eigenvalue weighted by Gasteiger charge is 2.38. The number of carbonyl (C=O) groups is 1. The first-order valence-electron chi connectivity index (χ1n) is 8.55. The molecule has 3 aromatic rings. The lowest BCUT2D eigenvalue weighted by Gasteiger charge is -2.10. The van der Waals surface area contributed by atoms with E-state index in [0.29, 0.717) is 5.56 Å². The predicted octanol–water partition coefficient (Wildman–Crippen LogP) is 4.19. The van der Waals surface area contributed by atoms with Crippen molar-refractivity contribution in [2.45, 2.75) is 33.2 Å². The Morgan fingerprint density at radius 2 is 1.97 bits per heavy atom. The Labute approximate surface area is 163 Å². The zero-order chi connectivity index (χ0) is 21.0. The molecule has 3 rings (SSSR count). The third-order valence-corrected chi connectivity index (χ3v) is 4.20. The molecule has 10 heteroatoms. The number of aromatic nitrogens is 3. The second-order valence-corrected chi connectivity index (χ2v) is 6.29. The lowest BCUT2D eigenvalue weighted by molar-refractivity contribution is -0.159. The number of hydrogen-bond acceptors (Lipinski definition) is 6. The Morgan fingerprint density at radius 1 is 1.17 bits per heavy atom. The number of aryl methyl sites for hydroxylation is 2. The number of alkyl carbamates (subject to hydrolysis) is 1. The number of halogens is 3. The monoisotopic (exact) mass is 406 g/mol. The van der Waals surface area contributed by atoms with Gasteiger partial charge < -0.3 is 14.6 Å². The summed E-state index contributed by atoms with van der Waals surface area (Å²) >= 11 is 0. The molecule has 2 heterocycles. The van der Waals surface area contributed by atoms with Crippen molar-refractivity contribution in [1.82, 2.24) is 20.4 Å². The SMILES string of the molecule is Cc1cc(-c2noc(C(F)(F)F)n2)ccc1CNC(=O)OCc1cnccc1C. The van der Waals surface area contributed by atoms with Gasteiger partial charge in [-0.1, -0.05) is 17.3 Å². The van der Waals surface area contributed by atoms with Gasteiger partial charge in [-0.2, -0.15) is 18.2 Å². The number of benzene rings is 1. The van der Waals surface area contributed by atoms with E-state index in [1.165, 1.54) is 0 Å². The number of rotatable bonds is 5. The summed E-state index contributed by atoms with van der Waals surface area (Å²) in [7, 11) is 0. The first kappa shape index (κ1) is 20.3. The van der Waals surface area contributed by atoms with Gasteiger partial charge in [0.2, 0.25) is 5.82 Å². The lowest BCUT2D eigenvalue weighted by atomic mass is 10.0. The van der Waals surface area contributed by atoms with Gasteiger partial charge in [0.15, 0.2) is 0 Å². The highest BCUT2D eigenvalue weighted by Crippen LogP contribution is 2.29. The second-order valence-electron chi connectivity index (χ2n) is 6.29. The molecule has 0 spiro atoms. The number of nitrogens with one attached hydrogen (secondary N) is 1. The molecule has 0 bridgehead atoms. The smallest absolute Gasteiger partial charge is 0.445 e. The molecule has 0 fully saturated rings. The fourth-order valence-electron chi connectivity index (χ4n) is 2.50. The van der Waals surface area contributed by atoms with Crippen LogP contribution in [0.1, 0.15) is 28.1 Å². The normalized spacial score (nSPS) is 11.3. The third kappa shape index (κ3) is 5.09.